The molecular formula is C17H15BrN2O4. The number of hydrogen-bond donors (Lipinski definition) is 3. The summed E-state index contributed by atoms with van der Waals surface area (Å²) in [4.78, 5) is 26.8. The molecule has 0 aliphatic heterocycles. The molecule has 2 aromatic heterocycles. The fourth-order valence-electron chi connectivity index (χ4n) is 2.53. The second-order valence-corrected chi connectivity index (χ2v) is 6.40. The second-order valence-electron chi connectivity index (χ2n) is 5.48. The molecule has 0 radical (unpaired) electrons. The maximum atomic E-state index is 12.1. The van der Waals surface area contributed by atoms with Gasteiger partial charge in [0.05, 0.1) is 0 Å². The van der Waals surface area contributed by atoms with Crippen molar-refractivity contribution in [2.75, 3.05) is 0 Å². The number of hydrogen-bond acceptors (Lipinski definition) is 3. The van der Waals surface area contributed by atoms with E-state index in [2.05, 4.69) is 26.2 Å². The molecule has 0 fully saturated rings. The van der Waals surface area contributed by atoms with Gasteiger partial charge in [-0.15, -0.1) is 0 Å². The van der Waals surface area contributed by atoms with E-state index in [-0.39, 0.29) is 12.2 Å². The van der Waals surface area contributed by atoms with Crippen LogP contribution in [0, 0.1) is 6.92 Å². The summed E-state index contributed by atoms with van der Waals surface area (Å²) in [5.74, 6) is -0.957. The number of H-pyrrole nitrogens is 1. The minimum absolute atomic E-state index is 0.0976. The van der Waals surface area contributed by atoms with Crippen LogP contribution in [0.3, 0.4) is 0 Å². The van der Waals surface area contributed by atoms with Crippen molar-refractivity contribution in [3.05, 3.63) is 58.1 Å². The van der Waals surface area contributed by atoms with Crippen LogP contribution in [0.1, 0.15) is 21.9 Å². The van der Waals surface area contributed by atoms with Crippen LogP contribution in [0.4, 0.5) is 0 Å². The first-order valence-electron chi connectivity index (χ1n) is 7.29. The van der Waals surface area contributed by atoms with Gasteiger partial charge in [-0.1, -0.05) is 15.9 Å². The van der Waals surface area contributed by atoms with Crippen molar-refractivity contribution in [3.8, 4) is 0 Å². The second kappa shape index (κ2) is 6.52. The van der Waals surface area contributed by atoms with Gasteiger partial charge >= 0.3 is 5.97 Å². The van der Waals surface area contributed by atoms with Gasteiger partial charge in [-0.2, -0.15) is 0 Å². The lowest BCUT2D eigenvalue weighted by molar-refractivity contribution is -0.139. The highest BCUT2D eigenvalue weighted by Gasteiger charge is 2.23. The SMILES string of the molecule is Cc1ccc(C(=O)NC(Cc2c[nH]c3ccc(Br)cc23)C(=O)O)o1. The fraction of sp³-hybridized carbons (Fsp3) is 0.176. The molecule has 0 aliphatic carbocycles. The Labute approximate surface area is 146 Å². The molecule has 2 heterocycles. The van der Waals surface area contributed by atoms with E-state index in [9.17, 15) is 14.7 Å². The zero-order valence-electron chi connectivity index (χ0n) is 12.8. The Hall–Kier alpha value is -2.54. The van der Waals surface area contributed by atoms with Crippen LogP contribution >= 0.6 is 15.9 Å². The largest absolute Gasteiger partial charge is 0.480 e. The Morgan fingerprint density at radius 3 is 2.79 bits per heavy atom. The molecule has 1 atom stereocenters. The molecule has 24 heavy (non-hydrogen) atoms. The Bertz CT molecular complexity index is 912. The summed E-state index contributed by atoms with van der Waals surface area (Å²) >= 11 is 3.41. The summed E-state index contributed by atoms with van der Waals surface area (Å²) < 4.78 is 6.13. The summed E-state index contributed by atoms with van der Waals surface area (Å²) in [7, 11) is 0. The lowest BCUT2D eigenvalue weighted by Gasteiger charge is -2.13. The summed E-state index contributed by atoms with van der Waals surface area (Å²) in [5, 5.41) is 12.9. The van der Waals surface area contributed by atoms with Crippen molar-refractivity contribution in [2.24, 2.45) is 0 Å². The molecule has 0 saturated heterocycles. The number of amides is 1. The fourth-order valence-corrected chi connectivity index (χ4v) is 2.89. The lowest BCUT2D eigenvalue weighted by atomic mass is 10.0. The standard InChI is InChI=1S/C17H15BrN2O4/c1-9-2-5-15(24-9)16(21)20-14(17(22)23)6-10-8-19-13-4-3-11(18)7-12(10)13/h2-5,7-8,14,19H,6H2,1H3,(H,20,21)(H,22,23). The Balaban J connectivity index is 1.82. The molecule has 0 bridgehead atoms. The van der Waals surface area contributed by atoms with Crippen LogP contribution in [-0.2, 0) is 11.2 Å². The normalized spacial score (nSPS) is 12.2. The van der Waals surface area contributed by atoms with E-state index >= 15 is 0 Å². The highest BCUT2D eigenvalue weighted by atomic mass is 79.9. The molecule has 0 saturated carbocycles. The molecule has 1 amide bonds. The number of nitrogens with one attached hydrogen (secondary N) is 2. The molecule has 0 aliphatic rings. The first kappa shape index (κ1) is 16.3. The molecule has 7 heteroatoms. The van der Waals surface area contributed by atoms with Crippen LogP contribution in [0.2, 0.25) is 0 Å². The van der Waals surface area contributed by atoms with Crippen molar-refractivity contribution in [2.45, 2.75) is 19.4 Å². The van der Waals surface area contributed by atoms with Gasteiger partial charge in [-0.3, -0.25) is 4.79 Å². The molecule has 0 spiro atoms. The molecule has 3 aromatic rings. The van der Waals surface area contributed by atoms with E-state index in [1.165, 1.54) is 6.07 Å². The number of aromatic amines is 1. The first-order valence-corrected chi connectivity index (χ1v) is 8.09. The number of furan rings is 1. The van der Waals surface area contributed by atoms with Gasteiger partial charge < -0.3 is 19.8 Å². The maximum absolute atomic E-state index is 12.1. The maximum Gasteiger partial charge on any atom is 0.326 e. The molecule has 3 N–H and O–H groups in total. The minimum Gasteiger partial charge on any atom is -0.480 e. The van der Waals surface area contributed by atoms with Gasteiger partial charge in [0, 0.05) is 28.0 Å². The van der Waals surface area contributed by atoms with Gasteiger partial charge in [-0.05, 0) is 42.8 Å². The molecule has 6 nitrogen and oxygen atoms in total. The van der Waals surface area contributed by atoms with Crippen LogP contribution < -0.4 is 5.32 Å². The quantitative estimate of drug-likeness (QED) is 0.622. The third-order valence-electron chi connectivity index (χ3n) is 3.72. The van der Waals surface area contributed by atoms with Crippen molar-refractivity contribution in [3.63, 3.8) is 0 Å². The van der Waals surface area contributed by atoms with E-state index in [1.807, 2.05) is 18.2 Å². The van der Waals surface area contributed by atoms with Crippen molar-refractivity contribution in [1.29, 1.82) is 0 Å². The van der Waals surface area contributed by atoms with E-state index in [4.69, 9.17) is 4.42 Å². The Kier molecular flexibility index (Phi) is 4.44. The molecule has 1 aromatic carbocycles. The number of aromatic nitrogens is 1. The molecule has 124 valence electrons. The predicted molar refractivity (Wildman–Crippen MR) is 92.0 cm³/mol. The van der Waals surface area contributed by atoms with E-state index in [1.54, 1.807) is 19.2 Å². The van der Waals surface area contributed by atoms with Gasteiger partial charge in [-0.25, -0.2) is 4.79 Å². The number of rotatable bonds is 5. The number of halogens is 1. The molecule has 3 rings (SSSR count). The Morgan fingerprint density at radius 2 is 2.12 bits per heavy atom. The first-order chi connectivity index (χ1) is 11.4. The molecular weight excluding hydrogens is 376 g/mol. The number of carboxylic acids is 1. The number of fused-ring (bicyclic) bond motifs is 1. The van der Waals surface area contributed by atoms with E-state index in [0.29, 0.717) is 5.76 Å². The van der Waals surface area contributed by atoms with Gasteiger partial charge in [0.2, 0.25) is 0 Å². The third kappa shape index (κ3) is 3.35. The highest BCUT2D eigenvalue weighted by molar-refractivity contribution is 9.10. The zero-order valence-corrected chi connectivity index (χ0v) is 14.4. The van der Waals surface area contributed by atoms with E-state index < -0.39 is 17.9 Å². The monoisotopic (exact) mass is 390 g/mol. The smallest absolute Gasteiger partial charge is 0.326 e. The number of aryl methyl sites for hydroxylation is 1. The van der Waals surface area contributed by atoms with Crippen LogP contribution in [0.15, 0.2) is 45.4 Å². The predicted octanol–water partition coefficient (Wildman–Crippen LogP) is 3.26. The van der Waals surface area contributed by atoms with Crippen LogP contribution in [0.25, 0.3) is 10.9 Å². The average Bonchev–Trinajstić information content (AvgIpc) is 3.13. The summed E-state index contributed by atoms with van der Waals surface area (Å²) in [6, 6.07) is 7.84. The number of aliphatic carboxylic acids is 1. The average molecular weight is 391 g/mol. The third-order valence-corrected chi connectivity index (χ3v) is 4.21. The highest BCUT2D eigenvalue weighted by Crippen LogP contribution is 2.23. The number of carbonyl (C=O) groups excluding carboxylic acids is 1. The number of benzene rings is 1. The summed E-state index contributed by atoms with van der Waals surface area (Å²) in [5.41, 5.74) is 1.72. The van der Waals surface area contributed by atoms with Gasteiger partial charge in [0.1, 0.15) is 11.8 Å². The van der Waals surface area contributed by atoms with Gasteiger partial charge in [0.25, 0.3) is 5.91 Å². The van der Waals surface area contributed by atoms with E-state index in [0.717, 1.165) is 20.9 Å². The van der Waals surface area contributed by atoms with Crippen molar-refractivity contribution in [1.82, 2.24) is 10.3 Å². The summed E-state index contributed by atoms with van der Waals surface area (Å²) in [6.07, 6.45) is 1.92. The van der Waals surface area contributed by atoms with Crippen LogP contribution in [0.5, 0.6) is 0 Å². The van der Waals surface area contributed by atoms with Crippen molar-refractivity contribution >= 4 is 38.7 Å². The lowest BCUT2D eigenvalue weighted by Crippen LogP contribution is -2.42. The number of carboxylic acid groups (broad SMARTS) is 1. The Morgan fingerprint density at radius 1 is 1.33 bits per heavy atom. The zero-order chi connectivity index (χ0) is 17.3. The molecule has 1 unspecified atom stereocenters. The van der Waals surface area contributed by atoms with Crippen molar-refractivity contribution < 1.29 is 19.1 Å². The topological polar surface area (TPSA) is 95.3 Å². The van der Waals surface area contributed by atoms with Gasteiger partial charge in [0.15, 0.2) is 5.76 Å². The minimum atomic E-state index is -1.10. The summed E-state index contributed by atoms with van der Waals surface area (Å²) in [6.45, 7) is 1.72. The number of carbonyl (C=O) groups is 2. The van der Waals surface area contributed by atoms with Crippen LogP contribution in [-0.4, -0.2) is 28.0 Å².